The van der Waals surface area contributed by atoms with Crippen LogP contribution in [0.25, 0.3) is 0 Å². The smallest absolute Gasteiger partial charge is 0.0717 e. The summed E-state index contributed by atoms with van der Waals surface area (Å²) in [6, 6.07) is 0. The monoisotopic (exact) mass is 322 g/mol. The second-order valence-corrected chi connectivity index (χ2v) is 9.91. The van der Waals surface area contributed by atoms with Gasteiger partial charge in [0.1, 0.15) is 0 Å². The maximum Gasteiger partial charge on any atom is 0.0717 e. The van der Waals surface area contributed by atoms with Gasteiger partial charge in [0.25, 0.3) is 0 Å². The van der Waals surface area contributed by atoms with Crippen LogP contribution in [0, 0.1) is 0 Å². The summed E-state index contributed by atoms with van der Waals surface area (Å²) in [6.45, 7) is 0. The first-order valence-corrected chi connectivity index (χ1v) is 9.20. The molecule has 6 heteroatoms. The summed E-state index contributed by atoms with van der Waals surface area (Å²) < 4.78 is 4.92. The highest BCUT2D eigenvalue weighted by Crippen LogP contribution is 2.62. The largest absolute Gasteiger partial charge is 0.135 e. The topological polar surface area (TPSA) is 0 Å². The highest BCUT2D eigenvalue weighted by Gasteiger charge is 2.28. The van der Waals surface area contributed by atoms with E-state index in [9.17, 15) is 0 Å². The number of allylic oxidation sites excluding steroid dienone is 2. The van der Waals surface area contributed by atoms with Crippen molar-refractivity contribution in [1.29, 1.82) is 0 Å². The lowest BCUT2D eigenvalue weighted by molar-refractivity contribution is 0.718. The van der Waals surface area contributed by atoms with Crippen molar-refractivity contribution in [3.63, 3.8) is 0 Å². The molecule has 0 unspecified atom stereocenters. The highest BCUT2D eigenvalue weighted by atomic mass is 32.2. The Labute approximate surface area is 124 Å². The number of thioether (sulfide) groups is 4. The minimum Gasteiger partial charge on any atom is -0.135 e. The third-order valence-corrected chi connectivity index (χ3v) is 9.52. The summed E-state index contributed by atoms with van der Waals surface area (Å²) in [6.07, 6.45) is 5.30. The molecule has 1 aliphatic carbocycles. The Bertz CT molecular complexity index is 395. The lowest BCUT2D eigenvalue weighted by Crippen LogP contribution is -1.89. The molecule has 3 aliphatic rings. The Morgan fingerprint density at radius 2 is 1.12 bits per heavy atom. The van der Waals surface area contributed by atoms with Gasteiger partial charge in [-0.25, -0.2) is 0 Å². The Kier molecular flexibility index (Phi) is 3.96. The molecule has 86 valence electrons. The first kappa shape index (κ1) is 12.4. The Morgan fingerprint density at radius 3 is 1.62 bits per heavy atom. The lowest BCUT2D eigenvalue weighted by Gasteiger charge is -2.09. The fraction of sp³-hybridized carbons (Fsp3) is 0.400. The summed E-state index contributed by atoms with van der Waals surface area (Å²) in [5.41, 5.74) is 0. The average molecular weight is 323 g/mol. The third-order valence-electron chi connectivity index (χ3n) is 2.53. The number of thiol groups is 2. The molecule has 0 radical (unpaired) electrons. The van der Waals surface area contributed by atoms with Crippen LogP contribution in [0.5, 0.6) is 0 Å². The van der Waals surface area contributed by atoms with Gasteiger partial charge in [-0.15, -0.1) is 25.3 Å². The van der Waals surface area contributed by atoms with Crippen LogP contribution >= 0.6 is 72.3 Å². The summed E-state index contributed by atoms with van der Waals surface area (Å²) >= 11 is 16.3. The van der Waals surface area contributed by atoms with E-state index in [4.69, 9.17) is 0 Å². The van der Waals surface area contributed by atoms with Gasteiger partial charge in [0.15, 0.2) is 0 Å². The molecule has 0 aromatic heterocycles. The van der Waals surface area contributed by atoms with Crippen LogP contribution in [-0.4, -0.2) is 0 Å². The zero-order chi connectivity index (χ0) is 11.1. The van der Waals surface area contributed by atoms with Gasteiger partial charge in [0.05, 0.1) is 16.9 Å². The maximum atomic E-state index is 4.42. The van der Waals surface area contributed by atoms with Crippen molar-refractivity contribution in [3.05, 3.63) is 26.8 Å². The summed E-state index contributed by atoms with van der Waals surface area (Å²) in [5.74, 6) is 0. The molecule has 2 aliphatic heterocycles. The van der Waals surface area contributed by atoms with Gasteiger partial charge < -0.3 is 0 Å². The van der Waals surface area contributed by atoms with E-state index in [2.05, 4.69) is 25.3 Å². The predicted molar refractivity (Wildman–Crippen MR) is 87.9 cm³/mol. The molecule has 0 amide bonds. The van der Waals surface area contributed by atoms with Crippen LogP contribution in [0.15, 0.2) is 26.8 Å². The second-order valence-electron chi connectivity index (χ2n) is 3.65. The van der Waals surface area contributed by atoms with Crippen LogP contribution in [0.3, 0.4) is 0 Å². The van der Waals surface area contributed by atoms with Crippen molar-refractivity contribution >= 4 is 72.3 Å². The molecule has 0 aromatic carbocycles. The van der Waals surface area contributed by atoms with Gasteiger partial charge in [0.2, 0.25) is 0 Å². The fourth-order valence-electron chi connectivity index (χ4n) is 1.76. The van der Waals surface area contributed by atoms with E-state index in [0.717, 1.165) is 8.47 Å². The highest BCUT2D eigenvalue weighted by molar-refractivity contribution is 8.39. The van der Waals surface area contributed by atoms with Gasteiger partial charge in [0, 0.05) is 9.81 Å². The van der Waals surface area contributed by atoms with Crippen molar-refractivity contribution < 1.29 is 0 Å². The molecule has 2 heterocycles. The van der Waals surface area contributed by atoms with Crippen molar-refractivity contribution in [3.8, 4) is 0 Å². The molecule has 0 fully saturated rings. The molecule has 0 nitrogen and oxygen atoms in total. The SMILES string of the molecule is SC1=C(S)SC(=C2SC3=C(CCCC3)S2)S1. The van der Waals surface area contributed by atoms with E-state index in [1.54, 1.807) is 33.3 Å². The molecular formula is C10H10S6. The van der Waals surface area contributed by atoms with Gasteiger partial charge in [-0.2, -0.15) is 0 Å². The van der Waals surface area contributed by atoms with Crippen molar-refractivity contribution in [2.45, 2.75) is 25.7 Å². The van der Waals surface area contributed by atoms with Crippen LogP contribution in [0.4, 0.5) is 0 Å². The van der Waals surface area contributed by atoms with E-state index < -0.39 is 0 Å². The molecule has 0 saturated heterocycles. The third kappa shape index (κ3) is 2.38. The zero-order valence-electron chi connectivity index (χ0n) is 8.36. The Balaban J connectivity index is 1.79. The molecule has 16 heavy (non-hydrogen) atoms. The molecule has 0 bridgehead atoms. The first-order valence-electron chi connectivity index (χ1n) is 5.04. The lowest BCUT2D eigenvalue weighted by atomic mass is 10.1. The van der Waals surface area contributed by atoms with E-state index >= 15 is 0 Å². The molecule has 3 rings (SSSR count). The van der Waals surface area contributed by atoms with Crippen molar-refractivity contribution in [2.75, 3.05) is 0 Å². The number of rotatable bonds is 0. The van der Waals surface area contributed by atoms with Crippen LogP contribution in [0.1, 0.15) is 25.7 Å². The number of hydrogen-bond donors (Lipinski definition) is 2. The van der Waals surface area contributed by atoms with Gasteiger partial charge in [-0.1, -0.05) is 47.0 Å². The second kappa shape index (κ2) is 5.13. The summed E-state index contributed by atoms with van der Waals surface area (Å²) in [5, 5.41) is 0. The molecule has 0 atom stereocenters. The molecule has 0 spiro atoms. The van der Waals surface area contributed by atoms with E-state index in [1.807, 2.05) is 23.5 Å². The van der Waals surface area contributed by atoms with Gasteiger partial charge in [-0.05, 0) is 25.7 Å². The average Bonchev–Trinajstić information content (AvgIpc) is 2.83. The Hall–Kier alpha value is 1.32. The van der Waals surface area contributed by atoms with Gasteiger partial charge >= 0.3 is 0 Å². The molecular weight excluding hydrogens is 313 g/mol. The van der Waals surface area contributed by atoms with Crippen LogP contribution < -0.4 is 0 Å². The normalized spacial score (nSPS) is 25.9. The summed E-state index contributed by atoms with van der Waals surface area (Å²) in [4.78, 5) is 3.24. The molecule has 0 saturated carbocycles. The van der Waals surface area contributed by atoms with E-state index in [0.29, 0.717) is 0 Å². The van der Waals surface area contributed by atoms with E-state index in [1.165, 1.54) is 34.2 Å². The Morgan fingerprint density at radius 1 is 0.688 bits per heavy atom. The standard InChI is InChI=1S/C10H10S6/c11-7-8(12)16-10(15-7)9-13-5-3-1-2-4-6(5)14-9/h11-12H,1-4H2. The minimum absolute atomic E-state index is 1.04. The quantitative estimate of drug-likeness (QED) is 0.537. The minimum atomic E-state index is 1.04. The molecule has 0 aromatic rings. The fourth-order valence-corrected chi connectivity index (χ4v) is 8.12. The first-order chi connectivity index (χ1) is 7.74. The van der Waals surface area contributed by atoms with Crippen LogP contribution in [0.2, 0.25) is 0 Å². The van der Waals surface area contributed by atoms with Crippen molar-refractivity contribution in [2.24, 2.45) is 0 Å². The van der Waals surface area contributed by atoms with Gasteiger partial charge in [-0.3, -0.25) is 0 Å². The summed E-state index contributed by atoms with van der Waals surface area (Å²) in [7, 11) is 0. The maximum absolute atomic E-state index is 4.42. The number of hydrogen-bond acceptors (Lipinski definition) is 6. The zero-order valence-corrected chi connectivity index (χ0v) is 13.4. The van der Waals surface area contributed by atoms with Crippen molar-refractivity contribution in [1.82, 2.24) is 0 Å². The van der Waals surface area contributed by atoms with Crippen LogP contribution in [-0.2, 0) is 0 Å². The predicted octanol–water partition coefficient (Wildman–Crippen LogP) is 5.84. The molecule has 0 N–H and O–H groups in total. The van der Waals surface area contributed by atoms with E-state index in [-0.39, 0.29) is 0 Å².